The first kappa shape index (κ1) is 21.4. The average Bonchev–Trinajstić information content (AvgIpc) is 3.17. The van der Waals surface area contributed by atoms with Gasteiger partial charge in [0.15, 0.2) is 5.50 Å². The van der Waals surface area contributed by atoms with Crippen LogP contribution in [0.3, 0.4) is 0 Å². The number of nitrogens with one attached hydrogen (secondary N) is 2. The number of aryl methyl sites for hydroxylation is 2. The summed E-state index contributed by atoms with van der Waals surface area (Å²) < 4.78 is 11.6. The predicted octanol–water partition coefficient (Wildman–Crippen LogP) is 2.79. The van der Waals surface area contributed by atoms with Crippen molar-refractivity contribution in [3.8, 4) is 6.07 Å². The lowest BCUT2D eigenvalue weighted by atomic mass is 10.1. The van der Waals surface area contributed by atoms with E-state index in [-0.39, 0.29) is 11.5 Å². The number of carbonyl (C=O) groups excluding carboxylic acids is 1. The first-order valence-corrected chi connectivity index (χ1v) is 12.3. The second-order valence-electron chi connectivity index (χ2n) is 7.46. The highest BCUT2D eigenvalue weighted by Gasteiger charge is 2.30. The van der Waals surface area contributed by atoms with Crippen LogP contribution in [0.15, 0.2) is 36.4 Å². The third-order valence-corrected chi connectivity index (χ3v) is 7.50. The number of thioether (sulfide) groups is 1. The molecule has 2 aliphatic rings. The minimum absolute atomic E-state index is 0.171. The minimum Gasteiger partial charge on any atom is -0.355 e. The lowest BCUT2D eigenvalue weighted by Gasteiger charge is -2.28. The standard InChI is InChI=1S/C22H23N5O2S2/c1-14-10-18(11-15(2)24-14)20-19(17-5-3-4-16(12-17)13-23)25-21(30-20)26-22(28)27-6-8-31(29)9-7-27/h3-5,10-12,21,25H,6-9H2,1-2H3,(H,26,28). The monoisotopic (exact) mass is 453 g/mol. The Kier molecular flexibility index (Phi) is 6.30. The number of carbonyl (C=O) groups is 1. The number of pyridine rings is 1. The first-order chi connectivity index (χ1) is 14.9. The molecule has 2 aliphatic heterocycles. The van der Waals surface area contributed by atoms with Crippen LogP contribution in [-0.4, -0.2) is 50.2 Å². The van der Waals surface area contributed by atoms with Crippen molar-refractivity contribution in [3.05, 3.63) is 64.5 Å². The van der Waals surface area contributed by atoms with E-state index in [0.29, 0.717) is 30.2 Å². The molecule has 3 heterocycles. The van der Waals surface area contributed by atoms with Gasteiger partial charge in [0.2, 0.25) is 0 Å². The second kappa shape index (κ2) is 9.12. The maximum atomic E-state index is 12.7. The van der Waals surface area contributed by atoms with Crippen LogP contribution >= 0.6 is 11.8 Å². The van der Waals surface area contributed by atoms with Gasteiger partial charge >= 0.3 is 6.03 Å². The Morgan fingerprint density at radius 1 is 1.23 bits per heavy atom. The van der Waals surface area contributed by atoms with Gasteiger partial charge < -0.3 is 15.5 Å². The molecule has 0 bridgehead atoms. The topological polar surface area (TPSA) is 98.1 Å². The van der Waals surface area contributed by atoms with Crippen LogP contribution in [-0.2, 0) is 10.8 Å². The number of hydrogen-bond acceptors (Lipinski definition) is 6. The third-order valence-electron chi connectivity index (χ3n) is 5.08. The molecule has 1 fully saturated rings. The number of aromatic nitrogens is 1. The van der Waals surface area contributed by atoms with E-state index in [1.807, 2.05) is 44.2 Å². The van der Waals surface area contributed by atoms with Gasteiger partial charge in [-0.05, 0) is 43.7 Å². The molecule has 1 aromatic carbocycles. The van der Waals surface area contributed by atoms with E-state index in [1.165, 1.54) is 11.8 Å². The van der Waals surface area contributed by atoms with Gasteiger partial charge in [0, 0.05) is 57.3 Å². The zero-order valence-electron chi connectivity index (χ0n) is 17.3. The summed E-state index contributed by atoms with van der Waals surface area (Å²) in [6.45, 7) is 4.91. The lowest BCUT2D eigenvalue weighted by Crippen LogP contribution is -2.51. The van der Waals surface area contributed by atoms with Crippen LogP contribution < -0.4 is 10.6 Å². The Hall–Kier alpha value is -2.83. The highest BCUT2D eigenvalue weighted by atomic mass is 32.2. The SMILES string of the molecule is Cc1cc(C2=C(c3cccc(C#N)c3)NC(NC(=O)N3CCS(=O)CC3)S2)cc(C)n1. The maximum absolute atomic E-state index is 12.7. The summed E-state index contributed by atoms with van der Waals surface area (Å²) in [6, 6.07) is 13.5. The molecule has 160 valence electrons. The van der Waals surface area contributed by atoms with Crippen molar-refractivity contribution in [1.82, 2.24) is 20.5 Å². The Morgan fingerprint density at radius 3 is 2.61 bits per heavy atom. The molecular weight excluding hydrogens is 430 g/mol. The van der Waals surface area contributed by atoms with Gasteiger partial charge in [-0.1, -0.05) is 23.9 Å². The van der Waals surface area contributed by atoms with Crippen LogP contribution in [0.25, 0.3) is 10.6 Å². The molecular formula is C22H23N5O2S2. The van der Waals surface area contributed by atoms with E-state index in [4.69, 9.17) is 0 Å². The van der Waals surface area contributed by atoms with Gasteiger partial charge in [-0.25, -0.2) is 4.79 Å². The quantitative estimate of drug-likeness (QED) is 0.742. The highest BCUT2D eigenvalue weighted by molar-refractivity contribution is 8.09. The van der Waals surface area contributed by atoms with E-state index in [0.717, 1.165) is 33.1 Å². The number of rotatable bonds is 3. The Labute approximate surface area is 188 Å². The van der Waals surface area contributed by atoms with Crippen LogP contribution in [0.1, 0.15) is 28.1 Å². The van der Waals surface area contributed by atoms with Crippen LogP contribution in [0.4, 0.5) is 4.79 Å². The molecule has 4 rings (SSSR count). The van der Waals surface area contributed by atoms with Gasteiger partial charge in [0.25, 0.3) is 0 Å². The largest absolute Gasteiger partial charge is 0.355 e. The molecule has 1 unspecified atom stereocenters. The zero-order valence-corrected chi connectivity index (χ0v) is 19.0. The molecule has 2 aromatic rings. The number of nitrogens with zero attached hydrogens (tertiary/aromatic N) is 3. The van der Waals surface area contributed by atoms with Crippen molar-refractivity contribution in [1.29, 1.82) is 5.26 Å². The number of urea groups is 1. The van der Waals surface area contributed by atoms with Gasteiger partial charge in [-0.3, -0.25) is 9.19 Å². The molecule has 0 radical (unpaired) electrons. The molecule has 1 saturated heterocycles. The van der Waals surface area contributed by atoms with Gasteiger partial charge in [0.05, 0.1) is 17.3 Å². The van der Waals surface area contributed by atoms with E-state index >= 15 is 0 Å². The normalized spacial score (nSPS) is 19.1. The highest BCUT2D eigenvalue weighted by Crippen LogP contribution is 2.41. The van der Waals surface area contributed by atoms with E-state index < -0.39 is 10.8 Å². The fraction of sp³-hybridized carbons (Fsp3) is 0.318. The van der Waals surface area contributed by atoms with E-state index in [9.17, 15) is 14.3 Å². The molecule has 7 nitrogen and oxygen atoms in total. The van der Waals surface area contributed by atoms with Crippen molar-refractivity contribution in [2.24, 2.45) is 0 Å². The predicted molar refractivity (Wildman–Crippen MR) is 124 cm³/mol. The van der Waals surface area contributed by atoms with Gasteiger partial charge in [-0.15, -0.1) is 0 Å². The Balaban J connectivity index is 1.62. The van der Waals surface area contributed by atoms with Crippen LogP contribution in [0.5, 0.6) is 0 Å². The molecule has 31 heavy (non-hydrogen) atoms. The van der Waals surface area contributed by atoms with Crippen molar-refractivity contribution >= 4 is 39.2 Å². The minimum atomic E-state index is -0.833. The Bertz CT molecular complexity index is 1090. The summed E-state index contributed by atoms with van der Waals surface area (Å²) in [5.74, 6) is 1.04. The van der Waals surface area contributed by atoms with Crippen LogP contribution in [0.2, 0.25) is 0 Å². The first-order valence-electron chi connectivity index (χ1n) is 9.97. The smallest absolute Gasteiger partial charge is 0.319 e. The molecule has 0 spiro atoms. The summed E-state index contributed by atoms with van der Waals surface area (Å²) >= 11 is 1.53. The fourth-order valence-corrected chi connectivity index (χ4v) is 5.82. The number of nitriles is 1. The number of hydrogen-bond donors (Lipinski definition) is 2. The van der Waals surface area contributed by atoms with Crippen molar-refractivity contribution in [3.63, 3.8) is 0 Å². The summed E-state index contributed by atoms with van der Waals surface area (Å²) in [4.78, 5) is 19.9. The van der Waals surface area contributed by atoms with Crippen molar-refractivity contribution in [2.75, 3.05) is 24.6 Å². The fourth-order valence-electron chi connectivity index (χ4n) is 3.65. The molecule has 1 atom stereocenters. The molecule has 2 amide bonds. The Morgan fingerprint density at radius 2 is 1.94 bits per heavy atom. The lowest BCUT2D eigenvalue weighted by molar-refractivity contribution is 0.201. The summed E-state index contributed by atoms with van der Waals surface area (Å²) in [6.07, 6.45) is 0. The van der Waals surface area contributed by atoms with Gasteiger partial charge in [0.1, 0.15) is 0 Å². The van der Waals surface area contributed by atoms with Crippen molar-refractivity contribution in [2.45, 2.75) is 19.3 Å². The molecule has 0 aliphatic carbocycles. The maximum Gasteiger partial charge on any atom is 0.319 e. The molecule has 1 aromatic heterocycles. The second-order valence-corrected chi connectivity index (χ2v) is 10.3. The summed E-state index contributed by atoms with van der Waals surface area (Å²) in [5, 5.41) is 15.8. The third kappa shape index (κ3) is 4.92. The van der Waals surface area contributed by atoms with E-state index in [2.05, 4.69) is 21.7 Å². The van der Waals surface area contributed by atoms with Crippen molar-refractivity contribution < 1.29 is 9.00 Å². The zero-order chi connectivity index (χ0) is 22.0. The molecule has 0 saturated carbocycles. The average molecular weight is 454 g/mol. The number of benzene rings is 1. The summed E-state index contributed by atoms with van der Waals surface area (Å²) in [5.41, 5.74) is 4.83. The van der Waals surface area contributed by atoms with Crippen LogP contribution in [0, 0.1) is 25.2 Å². The number of amides is 2. The van der Waals surface area contributed by atoms with Gasteiger partial charge in [-0.2, -0.15) is 5.26 Å². The van der Waals surface area contributed by atoms with E-state index in [1.54, 1.807) is 11.0 Å². The molecule has 9 heteroatoms. The molecule has 2 N–H and O–H groups in total. The summed E-state index contributed by atoms with van der Waals surface area (Å²) in [7, 11) is -0.833.